The molecule has 2 aromatic carbocycles. The van der Waals surface area contributed by atoms with Crippen molar-refractivity contribution in [3.8, 4) is 17.2 Å². The van der Waals surface area contributed by atoms with Crippen LogP contribution in [0.25, 0.3) is 0 Å². The summed E-state index contributed by atoms with van der Waals surface area (Å²) in [5, 5.41) is 5.98. The highest BCUT2D eigenvalue weighted by Crippen LogP contribution is 2.59. The molecule has 4 bridgehead atoms. The number of anilines is 1. The van der Waals surface area contributed by atoms with Crippen molar-refractivity contribution >= 4 is 17.5 Å². The van der Waals surface area contributed by atoms with Crippen LogP contribution in [0.3, 0.4) is 0 Å². The van der Waals surface area contributed by atoms with Gasteiger partial charge in [-0.25, -0.2) is 0 Å². The Bertz CT molecular complexity index is 1050. The highest BCUT2D eigenvalue weighted by atomic mass is 16.5. The fraction of sp³-hybridized carbons (Fsp3) is 0.500. The predicted molar refractivity (Wildman–Crippen MR) is 133 cm³/mol. The average molecular weight is 479 g/mol. The molecule has 2 aromatic rings. The predicted octanol–water partition coefficient (Wildman–Crippen LogP) is 4.67. The quantitative estimate of drug-likeness (QED) is 0.547. The van der Waals surface area contributed by atoms with Crippen molar-refractivity contribution in [3.05, 3.63) is 48.0 Å². The first-order valence-electron chi connectivity index (χ1n) is 12.5. The van der Waals surface area contributed by atoms with Gasteiger partial charge >= 0.3 is 0 Å². The fourth-order valence-electron chi connectivity index (χ4n) is 6.82. The second-order valence-corrected chi connectivity index (χ2v) is 10.5. The lowest BCUT2D eigenvalue weighted by atomic mass is 9.49. The van der Waals surface area contributed by atoms with Gasteiger partial charge in [0.1, 0.15) is 5.75 Å². The molecule has 35 heavy (non-hydrogen) atoms. The maximum Gasteiger partial charge on any atom is 0.262 e. The van der Waals surface area contributed by atoms with Crippen LogP contribution in [0.5, 0.6) is 17.2 Å². The largest absolute Gasteiger partial charge is 0.497 e. The van der Waals surface area contributed by atoms with E-state index in [9.17, 15) is 9.59 Å². The van der Waals surface area contributed by atoms with Crippen molar-refractivity contribution in [1.82, 2.24) is 5.32 Å². The van der Waals surface area contributed by atoms with Gasteiger partial charge in [-0.2, -0.15) is 0 Å². The van der Waals surface area contributed by atoms with E-state index in [0.29, 0.717) is 28.5 Å². The van der Waals surface area contributed by atoms with Crippen LogP contribution in [0.1, 0.15) is 48.9 Å². The number of ether oxygens (including phenoxy) is 3. The summed E-state index contributed by atoms with van der Waals surface area (Å²) in [6, 6.07) is 12.1. The van der Waals surface area contributed by atoms with E-state index in [4.69, 9.17) is 14.2 Å². The summed E-state index contributed by atoms with van der Waals surface area (Å²) in [6.45, 7) is 0.571. The number of carbonyl (C=O) groups excluding carboxylic acids is 2. The summed E-state index contributed by atoms with van der Waals surface area (Å²) in [7, 11) is 3.11. The Morgan fingerprint density at radius 1 is 0.886 bits per heavy atom. The van der Waals surface area contributed by atoms with Gasteiger partial charge in [-0.3, -0.25) is 9.59 Å². The van der Waals surface area contributed by atoms with E-state index < -0.39 is 0 Å². The van der Waals surface area contributed by atoms with Gasteiger partial charge in [-0.1, -0.05) is 0 Å². The number of carbonyl (C=O) groups is 2. The van der Waals surface area contributed by atoms with Gasteiger partial charge in [0.25, 0.3) is 11.8 Å². The molecule has 0 radical (unpaired) electrons. The summed E-state index contributed by atoms with van der Waals surface area (Å²) in [4.78, 5) is 25.2. The smallest absolute Gasteiger partial charge is 0.262 e. The van der Waals surface area contributed by atoms with Gasteiger partial charge in [-0.15, -0.1) is 0 Å². The first kappa shape index (κ1) is 23.5. The Morgan fingerprint density at radius 3 is 2.14 bits per heavy atom. The third kappa shape index (κ3) is 5.24. The molecule has 7 nitrogen and oxygen atoms in total. The van der Waals surface area contributed by atoms with Crippen LogP contribution in [-0.4, -0.2) is 39.2 Å². The van der Waals surface area contributed by atoms with Crippen LogP contribution in [-0.2, 0) is 4.79 Å². The van der Waals surface area contributed by atoms with E-state index in [1.165, 1.54) is 45.6 Å². The van der Waals surface area contributed by atoms with Crippen molar-refractivity contribution in [2.24, 2.45) is 23.2 Å². The zero-order valence-electron chi connectivity index (χ0n) is 20.5. The third-order valence-corrected chi connectivity index (χ3v) is 7.95. The lowest BCUT2D eigenvalue weighted by Crippen LogP contribution is -2.51. The molecule has 6 rings (SSSR count). The second-order valence-electron chi connectivity index (χ2n) is 10.5. The van der Waals surface area contributed by atoms with Crippen molar-refractivity contribution in [2.75, 3.05) is 32.7 Å². The van der Waals surface area contributed by atoms with E-state index in [1.807, 2.05) is 0 Å². The molecule has 0 unspecified atom stereocenters. The molecule has 4 fully saturated rings. The molecule has 2 N–H and O–H groups in total. The molecule has 0 aliphatic heterocycles. The first-order valence-corrected chi connectivity index (χ1v) is 12.5. The third-order valence-electron chi connectivity index (χ3n) is 7.95. The minimum atomic E-state index is -0.297. The summed E-state index contributed by atoms with van der Waals surface area (Å²) in [5.41, 5.74) is 1.47. The Kier molecular flexibility index (Phi) is 6.58. The molecule has 0 heterocycles. The molecule has 2 amide bonds. The van der Waals surface area contributed by atoms with Crippen LogP contribution in [0, 0.1) is 23.2 Å². The van der Waals surface area contributed by atoms with E-state index >= 15 is 0 Å². The standard InChI is InChI=1S/C28H34N2O5/c1-33-23-6-4-22(5-7-23)30-26(31)16-35-24-8-3-21(12-25(24)34-2)27(32)29-17-28-13-18-9-19(14-28)11-20(10-18)15-28/h3-8,12,18-20H,9-11,13-17H2,1-2H3,(H,29,32)(H,30,31). The molecule has 0 saturated heterocycles. The average Bonchev–Trinajstić information content (AvgIpc) is 2.85. The van der Waals surface area contributed by atoms with Crippen LogP contribution in [0.15, 0.2) is 42.5 Å². The summed E-state index contributed by atoms with van der Waals surface area (Å²) < 4.78 is 16.2. The van der Waals surface area contributed by atoms with E-state index in [-0.39, 0.29) is 23.8 Å². The van der Waals surface area contributed by atoms with Crippen LogP contribution < -0.4 is 24.8 Å². The van der Waals surface area contributed by atoms with Crippen molar-refractivity contribution in [1.29, 1.82) is 0 Å². The van der Waals surface area contributed by atoms with Crippen molar-refractivity contribution in [3.63, 3.8) is 0 Å². The van der Waals surface area contributed by atoms with Gasteiger partial charge in [0, 0.05) is 17.8 Å². The fourth-order valence-corrected chi connectivity index (χ4v) is 6.82. The lowest BCUT2D eigenvalue weighted by Gasteiger charge is -2.56. The van der Waals surface area contributed by atoms with Gasteiger partial charge in [0.15, 0.2) is 18.1 Å². The zero-order valence-corrected chi connectivity index (χ0v) is 20.5. The Hall–Kier alpha value is -3.22. The molecule has 0 aromatic heterocycles. The number of nitrogens with one attached hydrogen (secondary N) is 2. The van der Waals surface area contributed by atoms with E-state index in [1.54, 1.807) is 49.6 Å². The normalized spacial score (nSPS) is 26.2. The molecule has 0 atom stereocenters. The topological polar surface area (TPSA) is 85.9 Å². The van der Waals surface area contributed by atoms with Crippen LogP contribution >= 0.6 is 0 Å². The number of rotatable bonds is 9. The van der Waals surface area contributed by atoms with Gasteiger partial charge in [-0.05, 0) is 104 Å². The number of amides is 2. The van der Waals surface area contributed by atoms with Gasteiger partial charge in [0.05, 0.1) is 14.2 Å². The van der Waals surface area contributed by atoms with Crippen LogP contribution in [0.2, 0.25) is 0 Å². The maximum atomic E-state index is 13.0. The number of methoxy groups -OCH3 is 2. The molecular formula is C28H34N2O5. The molecule has 4 saturated carbocycles. The summed E-state index contributed by atoms with van der Waals surface area (Å²) in [6.07, 6.45) is 7.95. The molecule has 7 heteroatoms. The van der Waals surface area contributed by atoms with Gasteiger partial charge in [0.2, 0.25) is 0 Å². The SMILES string of the molecule is COc1ccc(NC(=O)COc2ccc(C(=O)NCC34CC5CC(CC(C5)C3)C4)cc2OC)cc1. The minimum absolute atomic E-state index is 0.0946. The number of hydrogen-bond acceptors (Lipinski definition) is 5. The monoisotopic (exact) mass is 478 g/mol. The second kappa shape index (κ2) is 9.80. The highest BCUT2D eigenvalue weighted by molar-refractivity contribution is 5.95. The molecule has 0 spiro atoms. The highest BCUT2D eigenvalue weighted by Gasteiger charge is 2.50. The van der Waals surface area contributed by atoms with Crippen molar-refractivity contribution < 1.29 is 23.8 Å². The zero-order chi connectivity index (χ0) is 24.4. The molecule has 186 valence electrons. The Balaban J connectivity index is 1.15. The van der Waals surface area contributed by atoms with Crippen LogP contribution in [0.4, 0.5) is 5.69 Å². The lowest BCUT2D eigenvalue weighted by molar-refractivity contribution is -0.118. The molecule has 4 aliphatic rings. The Labute approximate surface area is 206 Å². The molecular weight excluding hydrogens is 444 g/mol. The Morgan fingerprint density at radius 2 is 1.54 bits per heavy atom. The van der Waals surface area contributed by atoms with Crippen molar-refractivity contribution in [2.45, 2.75) is 38.5 Å². The molecule has 4 aliphatic carbocycles. The number of benzene rings is 2. The first-order chi connectivity index (χ1) is 16.9. The maximum absolute atomic E-state index is 13.0. The van der Waals surface area contributed by atoms with Gasteiger partial charge < -0.3 is 24.8 Å². The summed E-state index contributed by atoms with van der Waals surface area (Å²) >= 11 is 0. The summed E-state index contributed by atoms with van der Waals surface area (Å²) in [5.74, 6) is 3.73. The van der Waals surface area contributed by atoms with E-state index in [2.05, 4.69) is 10.6 Å². The minimum Gasteiger partial charge on any atom is -0.497 e. The number of hydrogen-bond donors (Lipinski definition) is 2. The van der Waals surface area contributed by atoms with E-state index in [0.717, 1.165) is 24.3 Å².